The second kappa shape index (κ2) is 26.6. The first-order valence-corrected chi connectivity index (χ1v) is 17.0. The molecule has 0 aliphatic carbocycles. The van der Waals surface area contributed by atoms with E-state index in [2.05, 4.69) is 20.8 Å². The van der Waals surface area contributed by atoms with E-state index in [9.17, 15) is 0 Å². The minimum absolute atomic E-state index is 0.986. The van der Waals surface area contributed by atoms with E-state index in [1.165, 1.54) is 154 Å². The number of nitrogens with zero attached hydrogens (tertiary/aromatic N) is 3. The van der Waals surface area contributed by atoms with E-state index >= 15 is 0 Å². The predicted octanol–water partition coefficient (Wildman–Crippen LogP) is 11.3. The summed E-state index contributed by atoms with van der Waals surface area (Å²) >= 11 is 0. The summed E-state index contributed by atoms with van der Waals surface area (Å²) in [7, 11) is 0. The fourth-order valence-electron chi connectivity index (χ4n) is 5.33. The molecule has 0 unspecified atom stereocenters. The molecule has 3 heteroatoms. The van der Waals surface area contributed by atoms with Crippen LogP contribution in [0.3, 0.4) is 0 Å². The van der Waals surface area contributed by atoms with Crippen LogP contribution in [-0.2, 0) is 19.3 Å². The molecule has 0 atom stereocenters. The van der Waals surface area contributed by atoms with Crippen molar-refractivity contribution >= 4 is 0 Å². The highest BCUT2D eigenvalue weighted by Gasteiger charge is 2.07. The molecule has 0 aromatic carbocycles. The molecular weight excluding hydrogens is 450 g/mol. The molecule has 1 aromatic rings. The van der Waals surface area contributed by atoms with Crippen molar-refractivity contribution in [3.05, 3.63) is 17.5 Å². The maximum Gasteiger partial charge on any atom is 0.132 e. The number of hydrogen-bond donors (Lipinski definition) is 0. The molecule has 3 nitrogen and oxygen atoms in total. The Hall–Kier alpha value is -0.990. The molecule has 1 rings (SSSR count). The molecule has 216 valence electrons. The minimum atomic E-state index is 0.986. The van der Waals surface area contributed by atoms with Gasteiger partial charge in [-0.05, 0) is 19.3 Å². The topological polar surface area (TPSA) is 38.7 Å². The molecule has 0 aliphatic heterocycles. The van der Waals surface area contributed by atoms with Gasteiger partial charge >= 0.3 is 0 Å². The molecule has 0 radical (unpaired) electrons. The quantitative estimate of drug-likeness (QED) is 0.104. The molecule has 1 aromatic heterocycles. The summed E-state index contributed by atoms with van der Waals surface area (Å²) in [6, 6.07) is 0. The number of aromatic nitrogens is 3. The Balaban J connectivity index is 2.12. The maximum atomic E-state index is 4.87. The van der Waals surface area contributed by atoms with E-state index in [1.54, 1.807) is 0 Å². The standard InChI is InChI=1S/C34H65N3/c1-4-7-9-11-13-15-17-19-21-23-25-27-30-33-35-32(29-6-3)36-34(37-33)31-28-26-24-22-20-18-16-14-12-10-8-5-2/h4-31H2,1-3H3. The van der Waals surface area contributed by atoms with Crippen LogP contribution in [-0.4, -0.2) is 15.0 Å². The van der Waals surface area contributed by atoms with Crippen LogP contribution in [0.25, 0.3) is 0 Å². The van der Waals surface area contributed by atoms with Gasteiger partial charge in [-0.25, -0.2) is 15.0 Å². The fraction of sp³-hybridized carbons (Fsp3) is 0.912. The van der Waals surface area contributed by atoms with Crippen LogP contribution in [0.2, 0.25) is 0 Å². The van der Waals surface area contributed by atoms with Crippen molar-refractivity contribution in [2.45, 2.75) is 201 Å². The lowest BCUT2D eigenvalue weighted by Gasteiger charge is -2.08. The van der Waals surface area contributed by atoms with Gasteiger partial charge in [0.15, 0.2) is 0 Å². The molecule has 0 aliphatic rings. The van der Waals surface area contributed by atoms with Crippen LogP contribution >= 0.6 is 0 Å². The predicted molar refractivity (Wildman–Crippen MR) is 163 cm³/mol. The number of aryl methyl sites for hydroxylation is 3. The van der Waals surface area contributed by atoms with Crippen LogP contribution in [0, 0.1) is 0 Å². The molecular formula is C34H65N3. The van der Waals surface area contributed by atoms with Gasteiger partial charge in [0, 0.05) is 19.3 Å². The first kappa shape index (κ1) is 34.0. The van der Waals surface area contributed by atoms with E-state index in [-0.39, 0.29) is 0 Å². The molecule has 0 spiro atoms. The van der Waals surface area contributed by atoms with Crippen LogP contribution in [0.1, 0.15) is 199 Å². The van der Waals surface area contributed by atoms with Gasteiger partial charge in [0.05, 0.1) is 0 Å². The Kier molecular flexibility index (Phi) is 24.5. The molecule has 0 bridgehead atoms. The molecule has 1 heterocycles. The zero-order valence-corrected chi connectivity index (χ0v) is 25.6. The number of hydrogen-bond acceptors (Lipinski definition) is 3. The van der Waals surface area contributed by atoms with E-state index < -0.39 is 0 Å². The van der Waals surface area contributed by atoms with Gasteiger partial charge in [-0.15, -0.1) is 0 Å². The zero-order chi connectivity index (χ0) is 26.7. The highest BCUT2D eigenvalue weighted by atomic mass is 15.0. The summed E-state index contributed by atoms with van der Waals surface area (Å²) < 4.78 is 0. The second-order valence-electron chi connectivity index (χ2n) is 11.6. The van der Waals surface area contributed by atoms with Gasteiger partial charge in [0.2, 0.25) is 0 Å². The summed E-state index contributed by atoms with van der Waals surface area (Å²) in [6.07, 6.45) is 37.6. The summed E-state index contributed by atoms with van der Waals surface area (Å²) in [6.45, 7) is 6.81. The third kappa shape index (κ3) is 21.6. The Bertz CT molecular complexity index is 554. The highest BCUT2D eigenvalue weighted by molar-refractivity contribution is 4.98. The lowest BCUT2D eigenvalue weighted by molar-refractivity contribution is 0.539. The van der Waals surface area contributed by atoms with Crippen molar-refractivity contribution in [1.82, 2.24) is 15.0 Å². The van der Waals surface area contributed by atoms with E-state index in [4.69, 9.17) is 15.0 Å². The van der Waals surface area contributed by atoms with Crippen molar-refractivity contribution in [1.29, 1.82) is 0 Å². The minimum Gasteiger partial charge on any atom is -0.218 e. The number of unbranched alkanes of at least 4 members (excludes halogenated alkanes) is 22. The summed E-state index contributed by atoms with van der Waals surface area (Å²) in [5.41, 5.74) is 0. The molecule has 0 saturated heterocycles. The van der Waals surface area contributed by atoms with Crippen LogP contribution in [0.4, 0.5) is 0 Å². The summed E-state index contributed by atoms with van der Waals surface area (Å²) in [5, 5.41) is 0. The average molecular weight is 516 g/mol. The number of rotatable bonds is 28. The van der Waals surface area contributed by atoms with Gasteiger partial charge in [0.25, 0.3) is 0 Å². The second-order valence-corrected chi connectivity index (χ2v) is 11.6. The Morgan fingerprint density at radius 1 is 0.270 bits per heavy atom. The van der Waals surface area contributed by atoms with E-state index in [0.29, 0.717) is 0 Å². The van der Waals surface area contributed by atoms with E-state index in [1.807, 2.05) is 0 Å². The van der Waals surface area contributed by atoms with Crippen molar-refractivity contribution in [3.63, 3.8) is 0 Å². The van der Waals surface area contributed by atoms with Crippen LogP contribution in [0.5, 0.6) is 0 Å². The van der Waals surface area contributed by atoms with Crippen LogP contribution in [0.15, 0.2) is 0 Å². The molecule has 0 saturated carbocycles. The van der Waals surface area contributed by atoms with Crippen LogP contribution < -0.4 is 0 Å². The molecule has 0 fully saturated rings. The Morgan fingerprint density at radius 2 is 0.514 bits per heavy atom. The van der Waals surface area contributed by atoms with Gasteiger partial charge in [-0.3, -0.25) is 0 Å². The van der Waals surface area contributed by atoms with Gasteiger partial charge in [0.1, 0.15) is 17.5 Å². The van der Waals surface area contributed by atoms with Gasteiger partial charge < -0.3 is 0 Å². The summed E-state index contributed by atoms with van der Waals surface area (Å²) in [5.74, 6) is 3.14. The van der Waals surface area contributed by atoms with Gasteiger partial charge in [-0.1, -0.05) is 162 Å². The lowest BCUT2D eigenvalue weighted by atomic mass is 10.0. The lowest BCUT2D eigenvalue weighted by Crippen LogP contribution is -2.08. The SMILES string of the molecule is CCCCCCCCCCCCCCc1nc(CCC)nc(CCCCCCCCCCCCCC)n1. The first-order valence-electron chi connectivity index (χ1n) is 17.0. The largest absolute Gasteiger partial charge is 0.218 e. The third-order valence-electron chi connectivity index (χ3n) is 7.76. The monoisotopic (exact) mass is 516 g/mol. The maximum absolute atomic E-state index is 4.87. The van der Waals surface area contributed by atoms with Crippen molar-refractivity contribution < 1.29 is 0 Å². The average Bonchev–Trinajstić information content (AvgIpc) is 2.90. The smallest absolute Gasteiger partial charge is 0.132 e. The Labute approximate surface area is 232 Å². The van der Waals surface area contributed by atoms with Crippen molar-refractivity contribution in [2.24, 2.45) is 0 Å². The molecule has 0 N–H and O–H groups in total. The van der Waals surface area contributed by atoms with E-state index in [0.717, 1.165) is 43.2 Å². The normalized spacial score (nSPS) is 11.4. The van der Waals surface area contributed by atoms with Gasteiger partial charge in [-0.2, -0.15) is 0 Å². The fourth-order valence-corrected chi connectivity index (χ4v) is 5.33. The molecule has 37 heavy (non-hydrogen) atoms. The Morgan fingerprint density at radius 3 is 0.784 bits per heavy atom. The highest BCUT2D eigenvalue weighted by Crippen LogP contribution is 2.15. The third-order valence-corrected chi connectivity index (χ3v) is 7.76. The summed E-state index contributed by atoms with van der Waals surface area (Å²) in [4.78, 5) is 14.5. The first-order chi connectivity index (χ1) is 18.3. The van der Waals surface area contributed by atoms with Crippen molar-refractivity contribution in [3.8, 4) is 0 Å². The molecule has 0 amide bonds. The van der Waals surface area contributed by atoms with Crippen molar-refractivity contribution in [2.75, 3.05) is 0 Å². The zero-order valence-electron chi connectivity index (χ0n) is 25.6.